The number of thioether (sulfide) groups is 2. The third kappa shape index (κ3) is 6.39. The van der Waals surface area contributed by atoms with Crippen LogP contribution < -0.4 is 0 Å². The van der Waals surface area contributed by atoms with E-state index in [0.717, 1.165) is 12.8 Å². The lowest BCUT2D eigenvalue weighted by Crippen LogP contribution is -1.93. The lowest BCUT2D eigenvalue weighted by molar-refractivity contribution is 0.697. The highest BCUT2D eigenvalue weighted by molar-refractivity contribution is 8.21. The average molecular weight is 200 g/mol. The molecule has 0 radical (unpaired) electrons. The van der Waals surface area contributed by atoms with E-state index in [4.69, 9.17) is 10.5 Å². The monoisotopic (exact) mass is 200 g/mol. The number of hydrogen-bond donors (Lipinski definition) is 0. The van der Waals surface area contributed by atoms with Crippen molar-refractivity contribution in [3.8, 4) is 10.8 Å². The van der Waals surface area contributed by atoms with Gasteiger partial charge in [0, 0.05) is 0 Å². The van der Waals surface area contributed by atoms with E-state index >= 15 is 0 Å². The number of nitriles is 2. The second-order valence-corrected chi connectivity index (χ2v) is 4.62. The summed E-state index contributed by atoms with van der Waals surface area (Å²) in [5, 5.41) is 20.9. The first-order valence-corrected chi connectivity index (χ1v) is 5.70. The van der Waals surface area contributed by atoms with Crippen LogP contribution in [0.1, 0.15) is 32.6 Å². The summed E-state index contributed by atoms with van der Waals surface area (Å²) in [7, 11) is 0. The van der Waals surface area contributed by atoms with Crippen molar-refractivity contribution < 1.29 is 0 Å². The Bertz CT molecular complexity index is 164. The molecule has 0 saturated heterocycles. The highest BCUT2D eigenvalue weighted by Gasteiger charge is 2.08. The van der Waals surface area contributed by atoms with Crippen molar-refractivity contribution in [2.75, 3.05) is 0 Å². The summed E-state index contributed by atoms with van der Waals surface area (Å²) >= 11 is 2.39. The van der Waals surface area contributed by atoms with Crippen LogP contribution in [0.2, 0.25) is 0 Å². The maximum absolute atomic E-state index is 8.41. The number of hydrogen-bond acceptors (Lipinski definition) is 4. The van der Waals surface area contributed by atoms with Crippen molar-refractivity contribution in [2.45, 2.75) is 37.2 Å². The Balaban J connectivity index is 3.51. The number of thiocyanates is 2. The van der Waals surface area contributed by atoms with Gasteiger partial charge in [0.15, 0.2) is 0 Å². The van der Waals surface area contributed by atoms with Crippen molar-refractivity contribution in [3.05, 3.63) is 0 Å². The molecule has 66 valence electrons. The first-order chi connectivity index (χ1) is 5.85. The van der Waals surface area contributed by atoms with Crippen molar-refractivity contribution in [2.24, 2.45) is 0 Å². The summed E-state index contributed by atoms with van der Waals surface area (Å²) in [6, 6.07) is 0. The quantitative estimate of drug-likeness (QED) is 0.375. The summed E-state index contributed by atoms with van der Waals surface area (Å²) in [6.45, 7) is 2.14. The van der Waals surface area contributed by atoms with E-state index in [1.807, 2.05) is 10.8 Å². The Hall–Kier alpha value is -0.320. The Kier molecular flexibility index (Phi) is 8.54. The van der Waals surface area contributed by atoms with Gasteiger partial charge in [-0.05, 0) is 29.9 Å². The molecule has 12 heavy (non-hydrogen) atoms. The molecule has 0 spiro atoms. The van der Waals surface area contributed by atoms with Crippen LogP contribution in [-0.2, 0) is 0 Å². The van der Waals surface area contributed by atoms with Gasteiger partial charge in [0.1, 0.15) is 10.8 Å². The van der Waals surface area contributed by atoms with E-state index in [1.165, 1.54) is 36.4 Å². The molecular weight excluding hydrogens is 188 g/mol. The zero-order valence-corrected chi connectivity index (χ0v) is 8.75. The van der Waals surface area contributed by atoms with Gasteiger partial charge in [-0.1, -0.05) is 26.2 Å². The topological polar surface area (TPSA) is 47.6 Å². The van der Waals surface area contributed by atoms with Gasteiger partial charge in [-0.25, -0.2) is 0 Å². The van der Waals surface area contributed by atoms with Crippen molar-refractivity contribution in [3.63, 3.8) is 0 Å². The molecule has 0 atom stereocenters. The molecule has 0 N–H and O–H groups in total. The minimum Gasteiger partial charge on any atom is -0.185 e. The minimum absolute atomic E-state index is 0.145. The lowest BCUT2D eigenvalue weighted by atomic mass is 10.2. The molecule has 0 bridgehead atoms. The molecule has 0 aliphatic heterocycles. The van der Waals surface area contributed by atoms with Gasteiger partial charge < -0.3 is 0 Å². The van der Waals surface area contributed by atoms with Gasteiger partial charge in [-0.15, -0.1) is 0 Å². The Morgan fingerprint density at radius 2 is 1.75 bits per heavy atom. The van der Waals surface area contributed by atoms with Crippen LogP contribution in [0.25, 0.3) is 0 Å². The van der Waals surface area contributed by atoms with E-state index in [-0.39, 0.29) is 4.58 Å². The summed E-state index contributed by atoms with van der Waals surface area (Å²) in [6.07, 6.45) is 4.45. The van der Waals surface area contributed by atoms with Crippen molar-refractivity contribution >= 4 is 23.5 Å². The molecule has 0 fully saturated rings. The predicted molar refractivity (Wildman–Crippen MR) is 54.3 cm³/mol. The van der Waals surface area contributed by atoms with Crippen LogP contribution in [0.15, 0.2) is 0 Å². The minimum atomic E-state index is 0.145. The van der Waals surface area contributed by atoms with Crippen LogP contribution in [0.4, 0.5) is 0 Å². The highest BCUT2D eigenvalue weighted by Crippen LogP contribution is 2.26. The van der Waals surface area contributed by atoms with Gasteiger partial charge in [0.25, 0.3) is 0 Å². The molecule has 0 aliphatic rings. The SMILES string of the molecule is CCCCCC(SC#N)SC#N. The van der Waals surface area contributed by atoms with Gasteiger partial charge in [0.2, 0.25) is 0 Å². The maximum atomic E-state index is 8.41. The average Bonchev–Trinajstić information content (AvgIpc) is 2.06. The van der Waals surface area contributed by atoms with Crippen LogP contribution in [0.3, 0.4) is 0 Å². The van der Waals surface area contributed by atoms with Crippen molar-refractivity contribution in [1.82, 2.24) is 0 Å². The molecule has 0 amide bonds. The predicted octanol–water partition coefficient (Wildman–Crippen LogP) is 3.32. The normalized spacial score (nSPS) is 9.33. The lowest BCUT2D eigenvalue weighted by Gasteiger charge is -2.05. The molecule has 0 aliphatic carbocycles. The van der Waals surface area contributed by atoms with E-state index < -0.39 is 0 Å². The van der Waals surface area contributed by atoms with Gasteiger partial charge >= 0.3 is 0 Å². The van der Waals surface area contributed by atoms with Gasteiger partial charge in [-0.2, -0.15) is 10.5 Å². The van der Waals surface area contributed by atoms with Crippen LogP contribution in [0.5, 0.6) is 0 Å². The van der Waals surface area contributed by atoms with E-state index in [1.54, 1.807) is 0 Å². The van der Waals surface area contributed by atoms with Crippen LogP contribution >= 0.6 is 23.5 Å². The van der Waals surface area contributed by atoms with Crippen molar-refractivity contribution in [1.29, 1.82) is 10.5 Å². The Morgan fingerprint density at radius 1 is 1.17 bits per heavy atom. The Labute approximate surface area is 82.3 Å². The second-order valence-electron chi connectivity index (χ2n) is 2.34. The third-order valence-corrected chi connectivity index (χ3v) is 3.20. The summed E-state index contributed by atoms with van der Waals surface area (Å²) in [4.78, 5) is 0. The fourth-order valence-electron chi connectivity index (χ4n) is 0.820. The molecule has 2 nitrogen and oxygen atoms in total. The fourth-order valence-corrected chi connectivity index (χ4v) is 2.08. The Morgan fingerprint density at radius 3 is 2.17 bits per heavy atom. The zero-order chi connectivity index (χ0) is 9.23. The number of rotatable bonds is 6. The van der Waals surface area contributed by atoms with Gasteiger partial charge in [-0.3, -0.25) is 0 Å². The first kappa shape index (κ1) is 11.7. The summed E-state index contributed by atoms with van der Waals surface area (Å²) < 4.78 is 0.145. The molecule has 0 aromatic carbocycles. The third-order valence-electron chi connectivity index (χ3n) is 1.41. The molecule has 0 heterocycles. The fraction of sp³-hybridized carbons (Fsp3) is 0.750. The highest BCUT2D eigenvalue weighted by atomic mass is 32.2. The van der Waals surface area contributed by atoms with E-state index in [0.29, 0.717) is 0 Å². The van der Waals surface area contributed by atoms with Gasteiger partial charge in [0.05, 0.1) is 4.58 Å². The second kappa shape index (κ2) is 8.77. The standard InChI is InChI=1S/C8H12N2S2/c1-2-3-4-5-8(11-6-9)12-7-10/h8H,2-5H2,1H3. The van der Waals surface area contributed by atoms with E-state index in [2.05, 4.69) is 6.92 Å². The smallest absolute Gasteiger partial charge is 0.134 e. The summed E-state index contributed by atoms with van der Waals surface area (Å²) in [5.41, 5.74) is 0. The molecule has 0 unspecified atom stereocenters. The first-order valence-electron chi connectivity index (χ1n) is 3.94. The summed E-state index contributed by atoms with van der Waals surface area (Å²) in [5.74, 6) is 0. The molecule has 0 saturated carbocycles. The zero-order valence-electron chi connectivity index (χ0n) is 7.12. The van der Waals surface area contributed by atoms with Crippen LogP contribution in [0, 0.1) is 21.3 Å². The maximum Gasteiger partial charge on any atom is 0.134 e. The largest absolute Gasteiger partial charge is 0.185 e. The molecular formula is C8H12N2S2. The molecule has 0 rings (SSSR count). The van der Waals surface area contributed by atoms with Crippen LogP contribution in [-0.4, -0.2) is 4.58 Å². The van der Waals surface area contributed by atoms with E-state index in [9.17, 15) is 0 Å². The number of nitrogens with zero attached hydrogens (tertiary/aromatic N) is 2. The molecule has 0 aromatic rings. The molecule has 4 heteroatoms. The number of unbranched alkanes of at least 4 members (excludes halogenated alkanes) is 2. The molecule has 0 aromatic heterocycles.